The topological polar surface area (TPSA) is 111 Å². The van der Waals surface area contributed by atoms with Crippen LogP contribution in [0, 0.1) is 10.1 Å². The number of carbonyl (C=O) groups excluding carboxylic acids is 1. The van der Waals surface area contributed by atoms with Gasteiger partial charge in [-0.1, -0.05) is 23.7 Å². The summed E-state index contributed by atoms with van der Waals surface area (Å²) in [5, 5.41) is 16.8. The minimum absolute atomic E-state index is 0.00504. The van der Waals surface area contributed by atoms with Crippen molar-refractivity contribution in [1.29, 1.82) is 0 Å². The lowest BCUT2D eigenvalue weighted by molar-refractivity contribution is -0.385. The molecule has 0 atom stereocenters. The van der Waals surface area contributed by atoms with Crippen LogP contribution in [0.5, 0.6) is 5.75 Å². The quantitative estimate of drug-likeness (QED) is 0.402. The van der Waals surface area contributed by atoms with E-state index >= 15 is 0 Å². The summed E-state index contributed by atoms with van der Waals surface area (Å²) in [6, 6.07) is 5.79. The van der Waals surface area contributed by atoms with Crippen molar-refractivity contribution in [3.05, 3.63) is 56.8 Å². The summed E-state index contributed by atoms with van der Waals surface area (Å²) in [6.07, 6.45) is 3.14. The molecule has 1 N–H and O–H groups in total. The summed E-state index contributed by atoms with van der Waals surface area (Å²) in [5.74, 6) is -0.568. The summed E-state index contributed by atoms with van der Waals surface area (Å²) in [4.78, 5) is 26.9. The molecule has 2 heterocycles. The normalized spacial score (nSPS) is 11.1. The van der Waals surface area contributed by atoms with Gasteiger partial charge in [0, 0.05) is 17.6 Å². The van der Waals surface area contributed by atoms with Gasteiger partial charge >= 0.3 is 5.69 Å². The minimum Gasteiger partial charge on any atom is -0.477 e. The number of nitrogens with one attached hydrogen (secondary N) is 1. The van der Waals surface area contributed by atoms with Crippen LogP contribution in [-0.2, 0) is 4.79 Å². The summed E-state index contributed by atoms with van der Waals surface area (Å²) < 4.78 is 6.89. The van der Waals surface area contributed by atoms with Crippen LogP contribution in [0.2, 0.25) is 5.15 Å². The SMILES string of the molecule is O=C(COc1ccccc1[N+](=O)[O-])N/N=C\c1c(Cl)nc2sccn12. The van der Waals surface area contributed by atoms with E-state index in [1.165, 1.54) is 35.8 Å². The average Bonchev–Trinajstić information content (AvgIpc) is 3.15. The molecule has 3 aromatic rings. The molecular formula is C14H10ClN5O4S. The van der Waals surface area contributed by atoms with Gasteiger partial charge in [0.15, 0.2) is 22.5 Å². The Morgan fingerprint density at radius 3 is 3.12 bits per heavy atom. The third-order valence-electron chi connectivity index (χ3n) is 3.05. The van der Waals surface area contributed by atoms with Crippen molar-refractivity contribution in [3.8, 4) is 5.75 Å². The molecule has 25 heavy (non-hydrogen) atoms. The molecule has 0 bridgehead atoms. The average molecular weight is 380 g/mol. The van der Waals surface area contributed by atoms with Crippen molar-refractivity contribution in [2.45, 2.75) is 0 Å². The molecule has 0 aliphatic rings. The van der Waals surface area contributed by atoms with E-state index < -0.39 is 17.4 Å². The Labute approximate surface area is 149 Å². The van der Waals surface area contributed by atoms with Gasteiger partial charge in [0.25, 0.3) is 5.91 Å². The van der Waals surface area contributed by atoms with Gasteiger partial charge in [-0.15, -0.1) is 11.3 Å². The highest BCUT2D eigenvalue weighted by atomic mass is 35.5. The zero-order chi connectivity index (χ0) is 17.8. The number of halogens is 1. The molecule has 128 valence electrons. The summed E-state index contributed by atoms with van der Waals surface area (Å²) in [5.41, 5.74) is 2.57. The molecule has 0 unspecified atom stereocenters. The van der Waals surface area contributed by atoms with Gasteiger partial charge in [-0.25, -0.2) is 10.4 Å². The molecule has 1 amide bonds. The van der Waals surface area contributed by atoms with Gasteiger partial charge in [-0.05, 0) is 6.07 Å². The zero-order valence-corrected chi connectivity index (χ0v) is 14.0. The smallest absolute Gasteiger partial charge is 0.310 e. The number of nitrogens with zero attached hydrogens (tertiary/aromatic N) is 4. The molecule has 0 spiro atoms. The number of hydrogen-bond acceptors (Lipinski definition) is 7. The largest absolute Gasteiger partial charge is 0.477 e. The number of hydrogen-bond donors (Lipinski definition) is 1. The molecule has 0 aliphatic heterocycles. The molecular weight excluding hydrogens is 370 g/mol. The van der Waals surface area contributed by atoms with E-state index in [2.05, 4.69) is 15.5 Å². The fourth-order valence-electron chi connectivity index (χ4n) is 1.96. The maximum atomic E-state index is 11.8. The van der Waals surface area contributed by atoms with Gasteiger partial charge in [-0.2, -0.15) is 5.10 Å². The van der Waals surface area contributed by atoms with Crippen molar-refractivity contribution < 1.29 is 14.5 Å². The Bertz CT molecular complexity index is 967. The first-order chi connectivity index (χ1) is 12.1. The van der Waals surface area contributed by atoms with Crippen molar-refractivity contribution in [2.75, 3.05) is 6.61 Å². The third kappa shape index (κ3) is 3.75. The summed E-state index contributed by atoms with van der Waals surface area (Å²) >= 11 is 7.41. The lowest BCUT2D eigenvalue weighted by Gasteiger charge is -2.05. The van der Waals surface area contributed by atoms with Gasteiger partial charge in [0.2, 0.25) is 0 Å². The number of thiazole rings is 1. The van der Waals surface area contributed by atoms with Crippen LogP contribution < -0.4 is 10.2 Å². The maximum Gasteiger partial charge on any atom is 0.310 e. The number of aromatic nitrogens is 2. The fourth-order valence-corrected chi connectivity index (χ4v) is 2.95. The maximum absolute atomic E-state index is 11.8. The van der Waals surface area contributed by atoms with Gasteiger partial charge < -0.3 is 4.74 Å². The standard InChI is InChI=1S/C14H10ClN5O4S/c15-13-10(19-5-6-25-14(19)17-13)7-16-18-12(21)8-24-11-4-2-1-3-9(11)20(22)23/h1-7H,8H2,(H,18,21)/b16-7-. The van der Waals surface area contributed by atoms with Crippen LogP contribution >= 0.6 is 22.9 Å². The molecule has 9 nitrogen and oxygen atoms in total. The van der Waals surface area contributed by atoms with Crippen LogP contribution in [0.1, 0.15) is 5.69 Å². The highest BCUT2D eigenvalue weighted by Gasteiger charge is 2.15. The van der Waals surface area contributed by atoms with E-state index in [4.69, 9.17) is 16.3 Å². The lowest BCUT2D eigenvalue weighted by Crippen LogP contribution is -2.24. The number of hydrazone groups is 1. The molecule has 11 heteroatoms. The number of fused-ring (bicyclic) bond motifs is 1. The van der Waals surface area contributed by atoms with Crippen LogP contribution in [0.3, 0.4) is 0 Å². The highest BCUT2D eigenvalue weighted by molar-refractivity contribution is 7.15. The number of benzene rings is 1. The second kappa shape index (κ2) is 7.28. The van der Waals surface area contributed by atoms with Crippen LogP contribution in [0.4, 0.5) is 5.69 Å². The molecule has 2 aromatic heterocycles. The van der Waals surface area contributed by atoms with Crippen molar-refractivity contribution in [3.63, 3.8) is 0 Å². The van der Waals surface area contributed by atoms with E-state index in [1.807, 2.05) is 5.38 Å². The molecule has 0 fully saturated rings. The number of rotatable bonds is 6. The molecule has 3 rings (SSSR count). The number of nitro groups is 1. The number of para-hydroxylation sites is 2. The van der Waals surface area contributed by atoms with Crippen molar-refractivity contribution in [1.82, 2.24) is 14.8 Å². The molecule has 0 aliphatic carbocycles. The Kier molecular flexibility index (Phi) is 4.91. The number of carbonyl (C=O) groups is 1. The fraction of sp³-hybridized carbons (Fsp3) is 0.0714. The summed E-state index contributed by atoms with van der Waals surface area (Å²) in [7, 11) is 0. The summed E-state index contributed by atoms with van der Waals surface area (Å²) in [6.45, 7) is -0.420. The van der Waals surface area contributed by atoms with Crippen molar-refractivity contribution in [2.24, 2.45) is 5.10 Å². The Morgan fingerprint density at radius 1 is 1.52 bits per heavy atom. The van der Waals surface area contributed by atoms with Gasteiger partial charge in [0.05, 0.1) is 11.1 Å². The lowest BCUT2D eigenvalue weighted by atomic mass is 10.3. The number of imidazole rings is 1. The number of ether oxygens (including phenoxy) is 1. The first-order valence-electron chi connectivity index (χ1n) is 6.85. The molecule has 0 radical (unpaired) electrons. The van der Waals surface area contributed by atoms with E-state index in [1.54, 1.807) is 16.7 Å². The van der Waals surface area contributed by atoms with E-state index in [9.17, 15) is 14.9 Å². The molecule has 0 saturated heterocycles. The third-order valence-corrected chi connectivity index (χ3v) is 4.09. The Hall–Kier alpha value is -2.98. The number of amides is 1. The predicted molar refractivity (Wildman–Crippen MR) is 92.4 cm³/mol. The van der Waals surface area contributed by atoms with Crippen LogP contribution in [-0.4, -0.2) is 33.0 Å². The van der Waals surface area contributed by atoms with E-state index in [0.29, 0.717) is 10.7 Å². The van der Waals surface area contributed by atoms with Gasteiger partial charge in [-0.3, -0.25) is 19.3 Å². The first kappa shape index (κ1) is 16.9. The molecule has 1 aromatic carbocycles. The Balaban J connectivity index is 1.59. The Morgan fingerprint density at radius 2 is 2.32 bits per heavy atom. The van der Waals surface area contributed by atoms with Gasteiger partial charge in [0.1, 0.15) is 5.69 Å². The van der Waals surface area contributed by atoms with E-state index in [-0.39, 0.29) is 16.6 Å². The number of nitro benzene ring substituents is 1. The second-order valence-corrected chi connectivity index (χ2v) is 5.88. The van der Waals surface area contributed by atoms with Crippen molar-refractivity contribution >= 4 is 45.7 Å². The molecule has 0 saturated carbocycles. The second-order valence-electron chi connectivity index (χ2n) is 4.65. The zero-order valence-electron chi connectivity index (χ0n) is 12.5. The van der Waals surface area contributed by atoms with Crippen LogP contribution in [0.25, 0.3) is 4.96 Å². The van der Waals surface area contributed by atoms with Crippen LogP contribution in [0.15, 0.2) is 40.9 Å². The minimum atomic E-state index is -0.584. The first-order valence-corrected chi connectivity index (χ1v) is 8.11. The van der Waals surface area contributed by atoms with E-state index in [0.717, 1.165) is 0 Å². The predicted octanol–water partition coefficient (Wildman–Crippen LogP) is 2.49. The monoisotopic (exact) mass is 379 g/mol. The highest BCUT2D eigenvalue weighted by Crippen LogP contribution is 2.25.